The molecule has 0 aliphatic heterocycles. The lowest BCUT2D eigenvalue weighted by Crippen LogP contribution is -2.24. The molecule has 0 unspecified atom stereocenters. The Morgan fingerprint density at radius 3 is 2.64 bits per heavy atom. The number of ether oxygens (including phenoxy) is 1. The molecule has 0 spiro atoms. The second-order valence-electron chi connectivity index (χ2n) is 6.15. The van der Waals surface area contributed by atoms with Gasteiger partial charge in [-0.2, -0.15) is 0 Å². The van der Waals surface area contributed by atoms with E-state index in [1.165, 1.54) is 12.8 Å². The monoisotopic (exact) mass is 358 g/mol. The van der Waals surface area contributed by atoms with E-state index < -0.39 is 10.8 Å². The normalized spacial score (nSPS) is 15.7. The third-order valence-electron chi connectivity index (χ3n) is 4.32. The first-order valence-corrected chi connectivity index (χ1v) is 10.0. The molecule has 1 aliphatic carbocycles. The highest BCUT2D eigenvalue weighted by molar-refractivity contribution is 7.84. The lowest BCUT2D eigenvalue weighted by molar-refractivity contribution is 0.0950. The van der Waals surface area contributed by atoms with Gasteiger partial charge in [0.1, 0.15) is 6.10 Å². The minimum atomic E-state index is -1.05. The van der Waals surface area contributed by atoms with E-state index in [1.54, 1.807) is 36.7 Å². The molecule has 1 saturated carbocycles. The van der Waals surface area contributed by atoms with Crippen molar-refractivity contribution in [2.75, 3.05) is 6.26 Å². The molecule has 1 fully saturated rings. The Morgan fingerprint density at radius 2 is 1.96 bits per heavy atom. The molecule has 1 aliphatic rings. The van der Waals surface area contributed by atoms with Gasteiger partial charge < -0.3 is 10.1 Å². The van der Waals surface area contributed by atoms with E-state index in [2.05, 4.69) is 10.3 Å². The van der Waals surface area contributed by atoms with Gasteiger partial charge in [0.15, 0.2) is 0 Å². The van der Waals surface area contributed by atoms with Crippen LogP contribution in [-0.2, 0) is 17.3 Å². The lowest BCUT2D eigenvalue weighted by Gasteiger charge is -2.15. The van der Waals surface area contributed by atoms with Gasteiger partial charge in [0.2, 0.25) is 5.88 Å². The number of carbonyl (C=O) groups is 1. The first-order valence-electron chi connectivity index (χ1n) is 8.46. The summed E-state index contributed by atoms with van der Waals surface area (Å²) >= 11 is 0. The maximum atomic E-state index is 12.3. The third kappa shape index (κ3) is 4.66. The molecule has 1 atom stereocenters. The van der Waals surface area contributed by atoms with Crippen LogP contribution < -0.4 is 10.1 Å². The van der Waals surface area contributed by atoms with E-state index in [-0.39, 0.29) is 12.0 Å². The summed E-state index contributed by atoms with van der Waals surface area (Å²) in [4.78, 5) is 17.3. The number of nitrogens with zero attached hydrogens (tertiary/aromatic N) is 1. The molecule has 6 heteroatoms. The van der Waals surface area contributed by atoms with Crippen LogP contribution in [0.2, 0.25) is 0 Å². The van der Waals surface area contributed by atoms with Gasteiger partial charge >= 0.3 is 0 Å². The van der Waals surface area contributed by atoms with Crippen molar-refractivity contribution in [3.8, 4) is 5.88 Å². The fourth-order valence-corrected chi connectivity index (χ4v) is 3.42. The molecule has 0 saturated heterocycles. The molecule has 1 N–H and O–H groups in total. The lowest BCUT2D eigenvalue weighted by atomic mass is 10.2. The Bertz CT molecular complexity index is 756. The number of hydrogen-bond acceptors (Lipinski definition) is 4. The number of amides is 1. The van der Waals surface area contributed by atoms with Gasteiger partial charge in [0.25, 0.3) is 5.91 Å². The van der Waals surface area contributed by atoms with Crippen LogP contribution in [0.5, 0.6) is 5.88 Å². The Balaban J connectivity index is 1.62. The van der Waals surface area contributed by atoms with Gasteiger partial charge in [0.05, 0.1) is 0 Å². The van der Waals surface area contributed by atoms with E-state index in [0.717, 1.165) is 18.4 Å². The molecule has 1 amide bonds. The molecule has 3 rings (SSSR count). The van der Waals surface area contributed by atoms with Gasteiger partial charge in [-0.3, -0.25) is 9.00 Å². The quantitative estimate of drug-likeness (QED) is 0.862. The summed E-state index contributed by atoms with van der Waals surface area (Å²) in [7, 11) is -1.05. The number of hydrogen-bond donors (Lipinski definition) is 1. The average Bonchev–Trinajstić information content (AvgIpc) is 3.14. The summed E-state index contributed by atoms with van der Waals surface area (Å²) in [6, 6.07) is 10.6. The highest BCUT2D eigenvalue weighted by Crippen LogP contribution is 2.25. The summed E-state index contributed by atoms with van der Waals surface area (Å²) in [5.74, 6) is 0.426. The second kappa shape index (κ2) is 8.25. The number of benzene rings is 1. The van der Waals surface area contributed by atoms with Crippen molar-refractivity contribution in [3.05, 3.63) is 53.7 Å². The zero-order valence-corrected chi connectivity index (χ0v) is 15.1. The van der Waals surface area contributed by atoms with Crippen LogP contribution >= 0.6 is 0 Å². The molecule has 132 valence electrons. The van der Waals surface area contributed by atoms with Crippen LogP contribution in [0.25, 0.3) is 0 Å². The van der Waals surface area contributed by atoms with Crippen LogP contribution in [0, 0.1) is 0 Å². The minimum absolute atomic E-state index is 0.177. The fraction of sp³-hybridized carbons (Fsp3) is 0.368. The van der Waals surface area contributed by atoms with Gasteiger partial charge in [-0.05, 0) is 56.0 Å². The summed E-state index contributed by atoms with van der Waals surface area (Å²) in [6.07, 6.45) is 8.07. The molecule has 25 heavy (non-hydrogen) atoms. The zero-order valence-electron chi connectivity index (χ0n) is 14.2. The third-order valence-corrected chi connectivity index (χ3v) is 5.25. The standard InChI is InChI=1S/C19H22N2O3S/c1-25(23)17-10-8-14(9-11-17)18(22)21-13-15-5-4-12-20-19(15)24-16-6-2-3-7-16/h4-5,8-12,16H,2-3,6-7,13H2,1H3,(H,21,22)/t25-/m1/s1. The predicted molar refractivity (Wildman–Crippen MR) is 97.1 cm³/mol. The maximum Gasteiger partial charge on any atom is 0.251 e. The van der Waals surface area contributed by atoms with Crippen LogP contribution in [0.4, 0.5) is 0 Å². The van der Waals surface area contributed by atoms with E-state index in [1.807, 2.05) is 12.1 Å². The first kappa shape index (κ1) is 17.6. The molecule has 5 nitrogen and oxygen atoms in total. The molecular formula is C19H22N2O3S. The summed E-state index contributed by atoms with van der Waals surface area (Å²) in [5.41, 5.74) is 1.41. The van der Waals surface area contributed by atoms with Crippen molar-refractivity contribution in [3.63, 3.8) is 0 Å². The van der Waals surface area contributed by atoms with Crippen molar-refractivity contribution >= 4 is 16.7 Å². The SMILES string of the molecule is C[S@@](=O)c1ccc(C(=O)NCc2cccnc2OC2CCCC2)cc1. The molecule has 1 aromatic heterocycles. The van der Waals surface area contributed by atoms with Crippen LogP contribution in [0.3, 0.4) is 0 Å². The maximum absolute atomic E-state index is 12.3. The first-order chi connectivity index (χ1) is 12.1. The highest BCUT2D eigenvalue weighted by Gasteiger charge is 2.18. The smallest absolute Gasteiger partial charge is 0.251 e. The van der Waals surface area contributed by atoms with Crippen molar-refractivity contribution in [1.29, 1.82) is 0 Å². The van der Waals surface area contributed by atoms with Crippen molar-refractivity contribution in [2.24, 2.45) is 0 Å². The Kier molecular flexibility index (Phi) is 5.81. The predicted octanol–water partition coefficient (Wildman–Crippen LogP) is 3.07. The number of carbonyl (C=O) groups excluding carboxylic acids is 1. The number of nitrogens with one attached hydrogen (secondary N) is 1. The van der Waals surface area contributed by atoms with E-state index in [9.17, 15) is 9.00 Å². The largest absolute Gasteiger partial charge is 0.474 e. The number of pyridine rings is 1. The second-order valence-corrected chi connectivity index (χ2v) is 7.53. The van der Waals surface area contributed by atoms with E-state index in [0.29, 0.717) is 22.9 Å². The van der Waals surface area contributed by atoms with Gasteiger partial charge in [0, 0.05) is 45.8 Å². The Hall–Kier alpha value is -2.21. The summed E-state index contributed by atoms with van der Waals surface area (Å²) in [6.45, 7) is 0.357. The van der Waals surface area contributed by atoms with Gasteiger partial charge in [-0.15, -0.1) is 0 Å². The highest BCUT2D eigenvalue weighted by atomic mass is 32.2. The fourth-order valence-electron chi connectivity index (χ4n) is 2.90. The average molecular weight is 358 g/mol. The van der Waals surface area contributed by atoms with Crippen molar-refractivity contribution < 1.29 is 13.7 Å². The van der Waals surface area contributed by atoms with Gasteiger partial charge in [-0.1, -0.05) is 6.07 Å². The number of rotatable bonds is 6. The molecule has 1 heterocycles. The van der Waals surface area contributed by atoms with E-state index in [4.69, 9.17) is 4.74 Å². The zero-order chi connectivity index (χ0) is 17.6. The minimum Gasteiger partial charge on any atom is -0.474 e. The molecule has 2 aromatic rings. The van der Waals surface area contributed by atoms with Crippen LogP contribution in [-0.4, -0.2) is 27.5 Å². The van der Waals surface area contributed by atoms with Crippen molar-refractivity contribution in [2.45, 2.75) is 43.2 Å². The molecule has 1 aromatic carbocycles. The molecular weight excluding hydrogens is 336 g/mol. The topological polar surface area (TPSA) is 68.3 Å². The van der Waals surface area contributed by atoms with Crippen LogP contribution in [0.1, 0.15) is 41.6 Å². The molecule has 0 radical (unpaired) electrons. The summed E-state index contributed by atoms with van der Waals surface area (Å²) < 4.78 is 17.4. The number of aromatic nitrogens is 1. The van der Waals surface area contributed by atoms with Crippen LogP contribution in [0.15, 0.2) is 47.5 Å². The molecule has 0 bridgehead atoms. The summed E-state index contributed by atoms with van der Waals surface area (Å²) in [5, 5.41) is 2.89. The van der Waals surface area contributed by atoms with Gasteiger partial charge in [-0.25, -0.2) is 4.98 Å². The Morgan fingerprint density at radius 1 is 1.24 bits per heavy atom. The Labute approximate surface area is 150 Å². The van der Waals surface area contributed by atoms with E-state index >= 15 is 0 Å². The van der Waals surface area contributed by atoms with Crippen molar-refractivity contribution in [1.82, 2.24) is 10.3 Å².